The Bertz CT molecular complexity index is 792. The van der Waals surface area contributed by atoms with Crippen LogP contribution in [0.15, 0.2) is 36.4 Å². The second-order valence-electron chi connectivity index (χ2n) is 7.43. The van der Waals surface area contributed by atoms with Gasteiger partial charge in [-0.2, -0.15) is 0 Å². The van der Waals surface area contributed by atoms with E-state index < -0.39 is 0 Å². The lowest BCUT2D eigenvalue weighted by atomic mass is 9.88. The molecule has 3 heteroatoms. The minimum absolute atomic E-state index is 0.0340. The molecule has 1 amide bonds. The van der Waals surface area contributed by atoms with Crippen molar-refractivity contribution in [2.45, 2.75) is 52.7 Å². The maximum Gasteiger partial charge on any atom is 0.251 e. The molecule has 2 aromatic rings. The van der Waals surface area contributed by atoms with Crippen molar-refractivity contribution in [3.05, 3.63) is 64.2 Å². The summed E-state index contributed by atoms with van der Waals surface area (Å²) in [5.74, 6) is 0.829. The molecule has 1 aliphatic rings. The molecule has 0 aromatic heterocycles. The van der Waals surface area contributed by atoms with Gasteiger partial charge in [-0.3, -0.25) is 4.79 Å². The molecule has 1 heterocycles. The largest absolute Gasteiger partial charge is 0.487 e. The van der Waals surface area contributed by atoms with Gasteiger partial charge in [-0.25, -0.2) is 0 Å². The first-order valence-electron chi connectivity index (χ1n) is 8.43. The molecule has 0 radical (unpaired) electrons. The number of benzene rings is 2. The van der Waals surface area contributed by atoms with Crippen LogP contribution in [-0.2, 0) is 0 Å². The fraction of sp³-hybridized carbons (Fsp3) is 0.381. The molecule has 1 aliphatic heterocycles. The number of nitrogens with one attached hydrogen (secondary N) is 1. The molecule has 0 fully saturated rings. The third-order valence-corrected chi connectivity index (χ3v) is 4.70. The first kappa shape index (κ1) is 16.6. The molecule has 0 saturated carbocycles. The van der Waals surface area contributed by atoms with Crippen molar-refractivity contribution in [3.63, 3.8) is 0 Å². The van der Waals surface area contributed by atoms with E-state index in [0.717, 1.165) is 23.3 Å². The minimum Gasteiger partial charge on any atom is -0.487 e. The van der Waals surface area contributed by atoms with E-state index in [1.165, 1.54) is 11.1 Å². The Morgan fingerprint density at radius 3 is 2.54 bits per heavy atom. The van der Waals surface area contributed by atoms with Crippen molar-refractivity contribution in [1.29, 1.82) is 0 Å². The SMILES string of the molecule is Cc1ccc2c(c1)[C@@H](NC(=O)c1ccc(C)c(C)c1)CC(C)(C)O2. The molecule has 0 spiro atoms. The Morgan fingerprint density at radius 2 is 1.83 bits per heavy atom. The molecule has 0 bridgehead atoms. The van der Waals surface area contributed by atoms with Crippen LogP contribution in [0.25, 0.3) is 0 Å². The maximum atomic E-state index is 12.7. The maximum absolute atomic E-state index is 12.7. The zero-order chi connectivity index (χ0) is 17.5. The lowest BCUT2D eigenvalue weighted by molar-refractivity contribution is 0.0619. The van der Waals surface area contributed by atoms with Gasteiger partial charge in [0.2, 0.25) is 0 Å². The molecule has 1 atom stereocenters. The number of rotatable bonds is 2. The van der Waals surface area contributed by atoms with Crippen LogP contribution in [0.2, 0.25) is 0 Å². The number of carbonyl (C=O) groups is 1. The summed E-state index contributed by atoms with van der Waals surface area (Å²) in [5.41, 5.74) is 4.96. The Balaban J connectivity index is 1.90. The smallest absolute Gasteiger partial charge is 0.251 e. The molecule has 0 aliphatic carbocycles. The molecule has 0 saturated heterocycles. The number of aryl methyl sites for hydroxylation is 3. The van der Waals surface area contributed by atoms with Crippen molar-refractivity contribution in [1.82, 2.24) is 5.32 Å². The minimum atomic E-state index is -0.302. The molecule has 0 unspecified atom stereocenters. The average molecular weight is 323 g/mol. The molecular weight excluding hydrogens is 298 g/mol. The van der Waals surface area contributed by atoms with Gasteiger partial charge in [0, 0.05) is 17.5 Å². The fourth-order valence-corrected chi connectivity index (χ4v) is 3.23. The van der Waals surface area contributed by atoms with Gasteiger partial charge < -0.3 is 10.1 Å². The quantitative estimate of drug-likeness (QED) is 0.874. The molecule has 126 valence electrons. The highest BCUT2D eigenvalue weighted by Gasteiger charge is 2.34. The van der Waals surface area contributed by atoms with Crippen LogP contribution in [0.4, 0.5) is 0 Å². The van der Waals surface area contributed by atoms with Crippen LogP contribution in [0.5, 0.6) is 5.75 Å². The summed E-state index contributed by atoms with van der Waals surface area (Å²) in [6.45, 7) is 10.3. The van der Waals surface area contributed by atoms with Gasteiger partial charge in [0.05, 0.1) is 6.04 Å². The summed E-state index contributed by atoms with van der Waals surface area (Å²) in [5, 5.41) is 3.20. The molecule has 1 N–H and O–H groups in total. The number of carbonyl (C=O) groups excluding carboxylic acids is 1. The highest BCUT2D eigenvalue weighted by atomic mass is 16.5. The van der Waals surface area contributed by atoms with E-state index in [-0.39, 0.29) is 17.6 Å². The highest BCUT2D eigenvalue weighted by Crippen LogP contribution is 2.40. The number of fused-ring (bicyclic) bond motifs is 1. The summed E-state index contributed by atoms with van der Waals surface area (Å²) in [6.07, 6.45) is 0.750. The normalized spacial score (nSPS) is 18.5. The van der Waals surface area contributed by atoms with Crippen LogP contribution < -0.4 is 10.1 Å². The van der Waals surface area contributed by atoms with Gasteiger partial charge in [0.25, 0.3) is 5.91 Å². The first-order chi connectivity index (χ1) is 11.2. The van der Waals surface area contributed by atoms with Crippen molar-refractivity contribution in [3.8, 4) is 5.75 Å². The van der Waals surface area contributed by atoms with E-state index in [2.05, 4.69) is 39.1 Å². The number of hydrogen-bond acceptors (Lipinski definition) is 2. The topological polar surface area (TPSA) is 38.3 Å². The molecule has 2 aromatic carbocycles. The summed E-state index contributed by atoms with van der Waals surface area (Å²) in [6, 6.07) is 11.9. The molecular formula is C21H25NO2. The summed E-state index contributed by atoms with van der Waals surface area (Å²) >= 11 is 0. The molecule has 3 rings (SSSR count). The summed E-state index contributed by atoms with van der Waals surface area (Å²) in [7, 11) is 0. The number of amides is 1. The third kappa shape index (κ3) is 3.30. The third-order valence-electron chi connectivity index (χ3n) is 4.70. The zero-order valence-corrected chi connectivity index (χ0v) is 15.1. The second kappa shape index (κ2) is 5.97. The van der Waals surface area contributed by atoms with E-state index >= 15 is 0 Å². The van der Waals surface area contributed by atoms with Gasteiger partial charge in [-0.05, 0) is 63.9 Å². The van der Waals surface area contributed by atoms with Crippen LogP contribution in [0.3, 0.4) is 0 Å². The van der Waals surface area contributed by atoms with Crippen LogP contribution >= 0.6 is 0 Å². The van der Waals surface area contributed by atoms with Gasteiger partial charge >= 0.3 is 0 Å². The van der Waals surface area contributed by atoms with Crippen LogP contribution in [0, 0.1) is 20.8 Å². The Kier molecular flexibility index (Phi) is 4.12. The van der Waals surface area contributed by atoms with Crippen molar-refractivity contribution in [2.24, 2.45) is 0 Å². The molecule has 3 nitrogen and oxygen atoms in total. The summed E-state index contributed by atoms with van der Waals surface area (Å²) in [4.78, 5) is 12.7. The zero-order valence-electron chi connectivity index (χ0n) is 15.1. The highest BCUT2D eigenvalue weighted by molar-refractivity contribution is 5.94. The van der Waals surface area contributed by atoms with E-state index in [9.17, 15) is 4.79 Å². The Morgan fingerprint density at radius 1 is 1.08 bits per heavy atom. The van der Waals surface area contributed by atoms with Gasteiger partial charge in [-0.1, -0.05) is 23.8 Å². The van der Waals surface area contributed by atoms with Crippen molar-refractivity contribution >= 4 is 5.91 Å². The number of hydrogen-bond donors (Lipinski definition) is 1. The van der Waals surface area contributed by atoms with Crippen LogP contribution in [0.1, 0.15) is 58.9 Å². The Hall–Kier alpha value is -2.29. The summed E-state index contributed by atoms with van der Waals surface area (Å²) < 4.78 is 6.08. The predicted molar refractivity (Wildman–Crippen MR) is 96.6 cm³/mol. The lowest BCUT2D eigenvalue weighted by Gasteiger charge is -2.38. The van der Waals surface area contributed by atoms with E-state index in [1.807, 2.05) is 37.3 Å². The monoisotopic (exact) mass is 323 g/mol. The number of ether oxygens (including phenoxy) is 1. The standard InChI is InChI=1S/C21H25NO2/c1-13-6-9-19-17(10-13)18(12-21(4,5)24-19)22-20(23)16-8-7-14(2)15(3)11-16/h6-11,18H,12H2,1-5H3,(H,22,23)/t18-/m0/s1. The van der Waals surface area contributed by atoms with Crippen LogP contribution in [-0.4, -0.2) is 11.5 Å². The van der Waals surface area contributed by atoms with Crippen molar-refractivity contribution < 1.29 is 9.53 Å². The second-order valence-corrected chi connectivity index (χ2v) is 7.43. The van der Waals surface area contributed by atoms with Gasteiger partial charge in [0.15, 0.2) is 0 Å². The average Bonchev–Trinajstić information content (AvgIpc) is 2.50. The van der Waals surface area contributed by atoms with Gasteiger partial charge in [0.1, 0.15) is 11.4 Å². The lowest BCUT2D eigenvalue weighted by Crippen LogP contribution is -2.41. The van der Waals surface area contributed by atoms with Gasteiger partial charge in [-0.15, -0.1) is 0 Å². The van der Waals surface area contributed by atoms with E-state index in [4.69, 9.17) is 4.74 Å². The van der Waals surface area contributed by atoms with Crippen molar-refractivity contribution in [2.75, 3.05) is 0 Å². The molecule has 24 heavy (non-hydrogen) atoms. The van der Waals surface area contributed by atoms with E-state index in [0.29, 0.717) is 5.56 Å². The van der Waals surface area contributed by atoms with E-state index in [1.54, 1.807) is 0 Å². The Labute approximate surface area is 144 Å². The fourth-order valence-electron chi connectivity index (χ4n) is 3.23. The predicted octanol–water partition coefficient (Wildman–Crippen LogP) is 4.64. The first-order valence-corrected chi connectivity index (χ1v) is 8.43.